The Labute approximate surface area is 463 Å². The van der Waals surface area contributed by atoms with Crippen molar-refractivity contribution in [1.82, 2.24) is 0 Å². The molecule has 0 fully saturated rings. The van der Waals surface area contributed by atoms with Crippen LogP contribution in [-0.4, -0.2) is 36.4 Å². The number of allylic oxidation sites excluding steroid dienone is 6. The first kappa shape index (κ1) is 72.1. The van der Waals surface area contributed by atoms with E-state index >= 15 is 0 Å². The van der Waals surface area contributed by atoms with Crippen LogP contribution in [0.15, 0.2) is 36.5 Å². The van der Waals surface area contributed by atoms with Gasteiger partial charge in [-0.05, 0) is 51.4 Å². The van der Waals surface area contributed by atoms with E-state index in [0.29, 0.717) is 12.8 Å². The minimum atomic E-state index is -0.771. The number of aliphatic hydroxyl groups excluding tert-OH is 1. The molecule has 1 atom stereocenters. The molecule has 5 nitrogen and oxygen atoms in total. The molecule has 0 spiro atoms. The Balaban J connectivity index is 3.40. The second-order valence-corrected chi connectivity index (χ2v) is 22.9. The van der Waals surface area contributed by atoms with Gasteiger partial charge in [0.15, 0.2) is 6.10 Å². The highest BCUT2D eigenvalue weighted by Gasteiger charge is 2.16. The summed E-state index contributed by atoms with van der Waals surface area (Å²) in [5.41, 5.74) is 0. The number of aliphatic hydroxyl groups is 1. The highest BCUT2D eigenvalue weighted by molar-refractivity contribution is 5.70. The Morgan fingerprint density at radius 2 is 0.541 bits per heavy atom. The average Bonchev–Trinajstić information content (AvgIpc) is 3.40. The molecular weight excluding hydrogens is 909 g/mol. The number of ether oxygens (including phenoxy) is 2. The van der Waals surface area contributed by atoms with Gasteiger partial charge in [-0.3, -0.25) is 9.59 Å². The zero-order valence-electron chi connectivity index (χ0n) is 50.1. The number of rotatable bonds is 63. The number of unbranched alkanes of at least 4 members (excludes halogenated alkanes) is 49. The second-order valence-electron chi connectivity index (χ2n) is 22.9. The first-order valence-corrected chi connectivity index (χ1v) is 33.5. The van der Waals surface area contributed by atoms with Gasteiger partial charge in [-0.2, -0.15) is 0 Å². The van der Waals surface area contributed by atoms with Crippen LogP contribution in [-0.2, 0) is 19.1 Å². The van der Waals surface area contributed by atoms with E-state index in [-0.39, 0.29) is 25.2 Å². The van der Waals surface area contributed by atoms with E-state index in [1.54, 1.807) is 0 Å². The predicted octanol–water partition coefficient (Wildman–Crippen LogP) is 23.0. The molecule has 0 aliphatic rings. The van der Waals surface area contributed by atoms with Crippen LogP contribution in [0.25, 0.3) is 0 Å². The maximum atomic E-state index is 12.3. The lowest BCUT2D eigenvalue weighted by Gasteiger charge is -2.15. The van der Waals surface area contributed by atoms with E-state index < -0.39 is 6.10 Å². The smallest absolute Gasteiger partial charge is 0.306 e. The number of hydrogen-bond acceptors (Lipinski definition) is 5. The SMILES string of the molecule is CCCCCCC/C=C\C/C=C\C/C=C\CCCCCCCCCCCCCCCCC(=O)OC(CO)COC(=O)CCCCCCCCCCCCCCCCCCCCCCCCCCCCCCCCC. The maximum Gasteiger partial charge on any atom is 0.306 e. The number of hydrogen-bond donors (Lipinski definition) is 1. The molecule has 0 aromatic carbocycles. The molecule has 0 aromatic heterocycles. The fraction of sp³-hybridized carbons (Fsp3) is 0.884. The van der Waals surface area contributed by atoms with E-state index in [0.717, 1.165) is 44.9 Å². The number of carbonyl (C=O) groups excluding carboxylic acids is 2. The molecule has 0 saturated carbocycles. The normalized spacial score (nSPS) is 12.3. The standard InChI is InChI=1S/C69H130O5/c1-3-5-7-9-11-13-15-17-19-21-23-25-27-29-31-33-34-36-37-39-41-43-45-47-49-51-53-55-57-59-61-63-68(71)73-66-67(65-70)74-69(72)64-62-60-58-56-54-52-50-48-46-44-42-40-38-35-32-30-28-26-24-22-20-18-16-14-12-10-8-6-4-2/h16,18,22,24,28,30,67,70H,3-15,17,19-21,23,25-27,29,31-66H2,1-2H3/b18-16-,24-22-,30-28-. The van der Waals surface area contributed by atoms with Crippen LogP contribution in [0.3, 0.4) is 0 Å². The molecule has 0 rings (SSSR count). The third-order valence-electron chi connectivity index (χ3n) is 15.4. The van der Waals surface area contributed by atoms with E-state index in [9.17, 15) is 14.7 Å². The van der Waals surface area contributed by atoms with E-state index in [1.807, 2.05) is 0 Å². The fourth-order valence-corrected chi connectivity index (χ4v) is 10.4. The zero-order valence-corrected chi connectivity index (χ0v) is 50.1. The van der Waals surface area contributed by atoms with Gasteiger partial charge in [0.25, 0.3) is 0 Å². The van der Waals surface area contributed by atoms with Crippen LogP contribution < -0.4 is 0 Å². The van der Waals surface area contributed by atoms with Crippen LogP contribution in [0.4, 0.5) is 0 Å². The van der Waals surface area contributed by atoms with Gasteiger partial charge >= 0.3 is 11.9 Å². The molecule has 0 bridgehead atoms. The topological polar surface area (TPSA) is 72.8 Å². The third-order valence-corrected chi connectivity index (χ3v) is 15.4. The maximum absolute atomic E-state index is 12.3. The largest absolute Gasteiger partial charge is 0.462 e. The molecule has 0 aromatic rings. The minimum absolute atomic E-state index is 0.0604. The van der Waals surface area contributed by atoms with Gasteiger partial charge in [0.2, 0.25) is 0 Å². The first-order chi connectivity index (χ1) is 36.6. The van der Waals surface area contributed by atoms with Gasteiger partial charge in [-0.1, -0.05) is 346 Å². The van der Waals surface area contributed by atoms with Gasteiger partial charge in [0, 0.05) is 12.8 Å². The summed E-state index contributed by atoms with van der Waals surface area (Å²) in [6.07, 6.45) is 86.0. The van der Waals surface area contributed by atoms with Crippen molar-refractivity contribution in [1.29, 1.82) is 0 Å². The Kier molecular flexibility index (Phi) is 63.7. The first-order valence-electron chi connectivity index (χ1n) is 33.5. The van der Waals surface area contributed by atoms with Crippen LogP contribution in [0, 0.1) is 0 Å². The molecular formula is C69H130O5. The molecule has 436 valence electrons. The molecule has 0 heterocycles. The van der Waals surface area contributed by atoms with E-state index in [1.165, 1.54) is 302 Å². The lowest BCUT2D eigenvalue weighted by Crippen LogP contribution is -2.28. The highest BCUT2D eigenvalue weighted by Crippen LogP contribution is 2.19. The van der Waals surface area contributed by atoms with Crippen molar-refractivity contribution in [3.63, 3.8) is 0 Å². The number of carbonyl (C=O) groups is 2. The lowest BCUT2D eigenvalue weighted by atomic mass is 10.0. The predicted molar refractivity (Wildman–Crippen MR) is 325 cm³/mol. The summed E-state index contributed by atoms with van der Waals surface area (Å²) in [6, 6.07) is 0. The Bertz CT molecular complexity index is 1170. The number of esters is 2. The molecule has 5 heteroatoms. The van der Waals surface area contributed by atoms with Crippen molar-refractivity contribution in [3.05, 3.63) is 36.5 Å². The molecule has 0 amide bonds. The molecule has 0 saturated heterocycles. The molecule has 0 radical (unpaired) electrons. The van der Waals surface area contributed by atoms with Crippen molar-refractivity contribution < 1.29 is 24.2 Å². The summed E-state index contributed by atoms with van der Waals surface area (Å²) in [5.74, 6) is -0.569. The summed E-state index contributed by atoms with van der Waals surface area (Å²) < 4.78 is 10.8. The summed E-state index contributed by atoms with van der Waals surface area (Å²) in [6.45, 7) is 4.19. The quantitative estimate of drug-likeness (QED) is 0.0373. The van der Waals surface area contributed by atoms with Gasteiger partial charge < -0.3 is 14.6 Å². The van der Waals surface area contributed by atoms with Crippen molar-refractivity contribution >= 4 is 11.9 Å². The Hall–Kier alpha value is -1.88. The van der Waals surface area contributed by atoms with E-state index in [2.05, 4.69) is 50.3 Å². The van der Waals surface area contributed by atoms with Gasteiger partial charge in [-0.25, -0.2) is 0 Å². The van der Waals surface area contributed by atoms with Crippen molar-refractivity contribution in [2.24, 2.45) is 0 Å². The van der Waals surface area contributed by atoms with Crippen molar-refractivity contribution in [2.75, 3.05) is 13.2 Å². The van der Waals surface area contributed by atoms with Gasteiger partial charge in [0.1, 0.15) is 6.61 Å². The molecule has 1 unspecified atom stereocenters. The van der Waals surface area contributed by atoms with Crippen LogP contribution in [0.1, 0.15) is 373 Å². The zero-order chi connectivity index (χ0) is 53.4. The Morgan fingerprint density at radius 1 is 0.311 bits per heavy atom. The summed E-state index contributed by atoms with van der Waals surface area (Å²) in [7, 11) is 0. The van der Waals surface area contributed by atoms with Crippen LogP contribution in [0.5, 0.6) is 0 Å². The summed E-state index contributed by atoms with van der Waals surface area (Å²) in [4.78, 5) is 24.6. The van der Waals surface area contributed by atoms with Crippen molar-refractivity contribution in [2.45, 2.75) is 380 Å². The van der Waals surface area contributed by atoms with Crippen LogP contribution >= 0.6 is 0 Å². The molecule has 74 heavy (non-hydrogen) atoms. The lowest BCUT2D eigenvalue weighted by molar-refractivity contribution is -0.161. The van der Waals surface area contributed by atoms with Crippen LogP contribution in [0.2, 0.25) is 0 Å². The Morgan fingerprint density at radius 3 is 0.811 bits per heavy atom. The van der Waals surface area contributed by atoms with E-state index in [4.69, 9.17) is 9.47 Å². The third kappa shape index (κ3) is 62.7. The summed E-state index contributed by atoms with van der Waals surface area (Å²) in [5, 5.41) is 9.69. The summed E-state index contributed by atoms with van der Waals surface area (Å²) >= 11 is 0. The highest BCUT2D eigenvalue weighted by atomic mass is 16.6. The monoisotopic (exact) mass is 1040 g/mol. The van der Waals surface area contributed by atoms with Gasteiger partial charge in [-0.15, -0.1) is 0 Å². The second kappa shape index (κ2) is 65.4. The molecule has 0 aliphatic carbocycles. The molecule has 0 aliphatic heterocycles. The average molecular weight is 1040 g/mol. The van der Waals surface area contributed by atoms with Crippen molar-refractivity contribution in [3.8, 4) is 0 Å². The fourth-order valence-electron chi connectivity index (χ4n) is 10.4. The minimum Gasteiger partial charge on any atom is -0.462 e. The molecule has 1 N–H and O–H groups in total. The van der Waals surface area contributed by atoms with Gasteiger partial charge in [0.05, 0.1) is 6.61 Å².